The third-order valence-electron chi connectivity index (χ3n) is 3.86. The van der Waals surface area contributed by atoms with Crippen molar-refractivity contribution < 1.29 is 39.2 Å². The highest BCUT2D eigenvalue weighted by atomic mass is 16.5. The van der Waals surface area contributed by atoms with Gasteiger partial charge in [0.25, 0.3) is 5.95 Å². The number of Topliss-reactive ketones (excluding diaryl/α,β-unsaturated/α-hetero) is 1. The van der Waals surface area contributed by atoms with Crippen molar-refractivity contribution >= 4 is 40.4 Å². The van der Waals surface area contributed by atoms with Gasteiger partial charge in [0.1, 0.15) is 30.1 Å². The fourth-order valence-electron chi connectivity index (χ4n) is 2.62. The number of aliphatic hydroxyl groups is 2. The van der Waals surface area contributed by atoms with Crippen molar-refractivity contribution in [2.75, 3.05) is 23.8 Å². The van der Waals surface area contributed by atoms with Crippen LogP contribution in [-0.4, -0.2) is 56.9 Å². The minimum Gasteiger partial charge on any atom is -0.506 e. The zero-order chi connectivity index (χ0) is 23.3. The molecule has 12 nitrogen and oxygen atoms in total. The molecular formula is C19H19N3O9. The Hall–Kier alpha value is -4.03. The SMILES string of the molecule is CC(=O)c1c(O)oc(=O)c(C(C)=Nc2cc(NC(=O)CO)cc(NC(=O)CO)c2)c1O. The monoisotopic (exact) mass is 433 g/mol. The van der Waals surface area contributed by atoms with Gasteiger partial charge < -0.3 is 35.5 Å². The number of carbonyl (C=O) groups excluding carboxylic acids is 3. The van der Waals surface area contributed by atoms with Crippen LogP contribution in [0, 0.1) is 0 Å². The number of aromatic hydroxyl groups is 2. The fraction of sp³-hybridized carbons (Fsp3) is 0.211. The molecule has 0 radical (unpaired) electrons. The molecular weight excluding hydrogens is 414 g/mol. The van der Waals surface area contributed by atoms with E-state index in [0.29, 0.717) is 0 Å². The van der Waals surface area contributed by atoms with Gasteiger partial charge in [0.05, 0.1) is 11.4 Å². The number of anilines is 2. The number of aliphatic hydroxyl groups excluding tert-OH is 2. The van der Waals surface area contributed by atoms with Crippen LogP contribution in [0.1, 0.15) is 29.8 Å². The number of hydrogen-bond acceptors (Lipinski definition) is 10. The van der Waals surface area contributed by atoms with Crippen LogP contribution in [0.3, 0.4) is 0 Å². The summed E-state index contributed by atoms with van der Waals surface area (Å²) in [6.45, 7) is 0.758. The highest BCUT2D eigenvalue weighted by Crippen LogP contribution is 2.30. The number of aliphatic imine (C=N–C) groups is 1. The minimum atomic E-state index is -1.15. The van der Waals surface area contributed by atoms with Gasteiger partial charge in [-0.25, -0.2) is 4.79 Å². The van der Waals surface area contributed by atoms with Gasteiger partial charge in [-0.15, -0.1) is 0 Å². The molecule has 164 valence electrons. The number of carbonyl (C=O) groups is 3. The molecule has 2 amide bonds. The van der Waals surface area contributed by atoms with Crippen molar-refractivity contribution in [1.82, 2.24) is 0 Å². The van der Waals surface area contributed by atoms with E-state index >= 15 is 0 Å². The number of rotatable bonds is 7. The topological polar surface area (TPSA) is 199 Å². The first-order valence-electron chi connectivity index (χ1n) is 8.69. The summed E-state index contributed by atoms with van der Waals surface area (Å²) in [4.78, 5) is 50.9. The Labute approximate surface area is 174 Å². The minimum absolute atomic E-state index is 0.0812. The first kappa shape index (κ1) is 23.3. The van der Waals surface area contributed by atoms with Crippen LogP contribution in [0.2, 0.25) is 0 Å². The highest BCUT2D eigenvalue weighted by molar-refractivity contribution is 6.07. The predicted octanol–water partition coefficient (Wildman–Crippen LogP) is 0.256. The van der Waals surface area contributed by atoms with Crippen molar-refractivity contribution in [2.24, 2.45) is 4.99 Å². The maximum absolute atomic E-state index is 12.1. The molecule has 0 atom stereocenters. The maximum Gasteiger partial charge on any atom is 0.351 e. The molecule has 1 heterocycles. The van der Waals surface area contributed by atoms with Gasteiger partial charge in [0.15, 0.2) is 5.78 Å². The first-order chi connectivity index (χ1) is 14.6. The molecule has 0 aliphatic heterocycles. The molecule has 1 aromatic carbocycles. The van der Waals surface area contributed by atoms with E-state index < -0.39 is 59.3 Å². The Kier molecular flexibility index (Phi) is 7.24. The van der Waals surface area contributed by atoms with Gasteiger partial charge in [0.2, 0.25) is 11.8 Å². The largest absolute Gasteiger partial charge is 0.506 e. The van der Waals surface area contributed by atoms with Crippen LogP contribution in [0.25, 0.3) is 0 Å². The number of amides is 2. The Balaban J connectivity index is 2.61. The number of hydrogen-bond donors (Lipinski definition) is 6. The molecule has 6 N–H and O–H groups in total. The number of ketones is 1. The first-order valence-corrected chi connectivity index (χ1v) is 8.69. The van der Waals surface area contributed by atoms with Crippen LogP contribution in [0.15, 0.2) is 32.4 Å². The van der Waals surface area contributed by atoms with Crippen LogP contribution in [-0.2, 0) is 9.59 Å². The lowest BCUT2D eigenvalue weighted by Gasteiger charge is -2.11. The second-order valence-corrected chi connectivity index (χ2v) is 6.23. The molecule has 0 bridgehead atoms. The Bertz CT molecular complexity index is 1100. The van der Waals surface area contributed by atoms with E-state index in [0.717, 1.165) is 6.92 Å². The molecule has 31 heavy (non-hydrogen) atoms. The Morgan fingerprint density at radius 2 is 1.45 bits per heavy atom. The smallest absolute Gasteiger partial charge is 0.351 e. The van der Waals surface area contributed by atoms with Crippen LogP contribution in [0.5, 0.6) is 11.7 Å². The van der Waals surface area contributed by atoms with E-state index in [1.165, 1.54) is 25.1 Å². The molecule has 0 aliphatic carbocycles. The zero-order valence-corrected chi connectivity index (χ0v) is 16.4. The van der Waals surface area contributed by atoms with Crippen molar-refractivity contribution in [3.63, 3.8) is 0 Å². The van der Waals surface area contributed by atoms with Gasteiger partial charge in [-0.3, -0.25) is 19.4 Å². The normalized spacial score (nSPS) is 11.2. The second kappa shape index (κ2) is 9.65. The third-order valence-corrected chi connectivity index (χ3v) is 3.86. The molecule has 0 spiro atoms. The van der Waals surface area contributed by atoms with Crippen LogP contribution < -0.4 is 16.3 Å². The van der Waals surface area contributed by atoms with Crippen molar-refractivity contribution in [3.05, 3.63) is 39.7 Å². The van der Waals surface area contributed by atoms with Crippen LogP contribution >= 0.6 is 0 Å². The lowest BCUT2D eigenvalue weighted by Crippen LogP contribution is -2.17. The standard InChI is InChI=1S/C19H19N3O9/c1-8(15-17(28)16(9(2)25)19(30)31-18(15)29)20-10-3-11(21-13(26)6-23)5-12(4-10)22-14(27)7-24/h3-5,23-24,28,30H,6-7H2,1-2H3,(H,21,26)(H,22,27). The van der Waals surface area contributed by atoms with Crippen molar-refractivity contribution in [1.29, 1.82) is 0 Å². The molecule has 1 aromatic heterocycles. The molecule has 12 heteroatoms. The van der Waals surface area contributed by atoms with E-state index in [-0.39, 0.29) is 22.8 Å². The maximum atomic E-state index is 12.1. The summed E-state index contributed by atoms with van der Waals surface area (Å²) in [6, 6.07) is 3.99. The fourth-order valence-corrected chi connectivity index (χ4v) is 2.62. The van der Waals surface area contributed by atoms with Crippen molar-refractivity contribution in [3.8, 4) is 11.7 Å². The number of nitrogens with one attached hydrogen (secondary N) is 2. The van der Waals surface area contributed by atoms with Gasteiger partial charge in [-0.2, -0.15) is 0 Å². The van der Waals surface area contributed by atoms with E-state index in [9.17, 15) is 29.4 Å². The molecule has 0 saturated carbocycles. The van der Waals surface area contributed by atoms with Gasteiger partial charge in [-0.05, 0) is 32.0 Å². The quantitative estimate of drug-likeness (QED) is 0.262. The summed E-state index contributed by atoms with van der Waals surface area (Å²) in [5, 5.41) is 42.4. The molecule has 0 saturated heterocycles. The third kappa shape index (κ3) is 5.52. The Morgan fingerprint density at radius 3 is 1.90 bits per heavy atom. The van der Waals surface area contributed by atoms with E-state index in [2.05, 4.69) is 20.0 Å². The summed E-state index contributed by atoms with van der Waals surface area (Å²) in [5.74, 6) is -4.11. The predicted molar refractivity (Wildman–Crippen MR) is 108 cm³/mol. The Morgan fingerprint density at radius 1 is 0.935 bits per heavy atom. The summed E-state index contributed by atoms with van der Waals surface area (Å²) in [6.07, 6.45) is 0. The molecule has 0 fully saturated rings. The van der Waals surface area contributed by atoms with Gasteiger partial charge in [-0.1, -0.05) is 0 Å². The van der Waals surface area contributed by atoms with E-state index in [4.69, 9.17) is 10.2 Å². The number of nitrogens with zero attached hydrogens (tertiary/aromatic N) is 1. The summed E-state index contributed by atoms with van der Waals surface area (Å²) in [5.41, 5.74) is -2.02. The van der Waals surface area contributed by atoms with Crippen LogP contribution in [0.4, 0.5) is 17.1 Å². The summed E-state index contributed by atoms with van der Waals surface area (Å²) >= 11 is 0. The summed E-state index contributed by atoms with van der Waals surface area (Å²) < 4.78 is 4.59. The summed E-state index contributed by atoms with van der Waals surface area (Å²) in [7, 11) is 0. The molecule has 2 rings (SSSR count). The van der Waals surface area contributed by atoms with E-state index in [1.54, 1.807) is 0 Å². The zero-order valence-electron chi connectivity index (χ0n) is 16.4. The van der Waals surface area contributed by atoms with Crippen molar-refractivity contribution in [2.45, 2.75) is 13.8 Å². The average Bonchev–Trinajstić information content (AvgIpc) is 2.66. The average molecular weight is 433 g/mol. The highest BCUT2D eigenvalue weighted by Gasteiger charge is 2.24. The molecule has 0 aliphatic rings. The lowest BCUT2D eigenvalue weighted by atomic mass is 10.1. The van der Waals surface area contributed by atoms with E-state index in [1.807, 2.05) is 0 Å². The molecule has 2 aromatic rings. The van der Waals surface area contributed by atoms with Gasteiger partial charge in [0, 0.05) is 11.4 Å². The lowest BCUT2D eigenvalue weighted by molar-refractivity contribution is -0.119. The van der Waals surface area contributed by atoms with Gasteiger partial charge >= 0.3 is 5.63 Å². The second-order valence-electron chi connectivity index (χ2n) is 6.23. The number of benzene rings is 1. The molecule has 0 unspecified atom stereocenters.